The fraction of sp³-hybridized carbons (Fsp3) is 0.455. The summed E-state index contributed by atoms with van der Waals surface area (Å²) in [6.45, 7) is 7.39. The summed E-state index contributed by atoms with van der Waals surface area (Å²) in [4.78, 5) is 0. The standard InChI is InChI=1S/C11H17BrN2O2S/c1-7(2)13-17(15,16)14-10-5-8(3)11(12)9(4)6-10/h5-7,13-14H,1-4H3. The molecule has 1 aromatic rings. The van der Waals surface area contributed by atoms with Crippen molar-refractivity contribution in [1.29, 1.82) is 0 Å². The van der Waals surface area contributed by atoms with E-state index in [0.717, 1.165) is 15.6 Å². The minimum absolute atomic E-state index is 0.134. The van der Waals surface area contributed by atoms with Gasteiger partial charge in [-0.25, -0.2) is 0 Å². The van der Waals surface area contributed by atoms with Gasteiger partial charge in [0, 0.05) is 10.5 Å². The van der Waals surface area contributed by atoms with Crippen LogP contribution in [0.5, 0.6) is 0 Å². The summed E-state index contributed by atoms with van der Waals surface area (Å²) in [6.07, 6.45) is 0. The molecule has 0 aliphatic carbocycles. The van der Waals surface area contributed by atoms with E-state index in [0.29, 0.717) is 5.69 Å². The quantitative estimate of drug-likeness (QED) is 0.896. The van der Waals surface area contributed by atoms with Crippen molar-refractivity contribution >= 4 is 31.8 Å². The number of anilines is 1. The number of aryl methyl sites for hydroxylation is 2. The molecule has 4 nitrogen and oxygen atoms in total. The van der Waals surface area contributed by atoms with E-state index >= 15 is 0 Å². The van der Waals surface area contributed by atoms with Crippen LogP contribution in [0.15, 0.2) is 16.6 Å². The molecule has 6 heteroatoms. The molecule has 17 heavy (non-hydrogen) atoms. The molecule has 0 fully saturated rings. The van der Waals surface area contributed by atoms with Gasteiger partial charge in [-0.15, -0.1) is 0 Å². The maximum atomic E-state index is 11.7. The molecule has 0 amide bonds. The second-order valence-electron chi connectivity index (χ2n) is 4.30. The summed E-state index contributed by atoms with van der Waals surface area (Å²) in [5.41, 5.74) is 2.55. The number of hydrogen-bond donors (Lipinski definition) is 2. The van der Waals surface area contributed by atoms with Crippen LogP contribution in [-0.2, 0) is 10.2 Å². The highest BCUT2D eigenvalue weighted by atomic mass is 79.9. The topological polar surface area (TPSA) is 58.2 Å². The summed E-state index contributed by atoms with van der Waals surface area (Å²) < 4.78 is 29.3. The number of nitrogens with one attached hydrogen (secondary N) is 2. The Morgan fingerprint density at radius 1 is 1.18 bits per heavy atom. The van der Waals surface area contributed by atoms with Gasteiger partial charge < -0.3 is 0 Å². The smallest absolute Gasteiger partial charge is 0.271 e. The molecule has 0 bridgehead atoms. The minimum Gasteiger partial charge on any atom is -0.271 e. The highest BCUT2D eigenvalue weighted by Gasteiger charge is 2.12. The van der Waals surface area contributed by atoms with Crippen LogP contribution in [0.1, 0.15) is 25.0 Å². The van der Waals surface area contributed by atoms with Crippen LogP contribution in [0, 0.1) is 13.8 Å². The lowest BCUT2D eigenvalue weighted by atomic mass is 10.1. The fourth-order valence-corrected chi connectivity index (χ4v) is 2.84. The zero-order valence-corrected chi connectivity index (χ0v) is 12.7. The molecule has 0 aliphatic rings. The van der Waals surface area contributed by atoms with Crippen LogP contribution in [-0.4, -0.2) is 14.5 Å². The lowest BCUT2D eigenvalue weighted by Gasteiger charge is -2.13. The molecule has 0 aliphatic heterocycles. The van der Waals surface area contributed by atoms with Gasteiger partial charge in [-0.05, 0) is 51.0 Å². The molecule has 1 rings (SSSR count). The first kappa shape index (κ1) is 14.5. The van der Waals surface area contributed by atoms with Crippen molar-refractivity contribution in [3.05, 3.63) is 27.7 Å². The third kappa shape index (κ3) is 4.29. The molecule has 0 heterocycles. The maximum absolute atomic E-state index is 11.7. The summed E-state index contributed by atoms with van der Waals surface area (Å²) in [5, 5.41) is 0. The first-order valence-electron chi connectivity index (χ1n) is 5.28. The molecule has 0 aromatic heterocycles. The summed E-state index contributed by atoms with van der Waals surface area (Å²) in [6, 6.07) is 3.44. The van der Waals surface area contributed by atoms with Crippen LogP contribution < -0.4 is 9.44 Å². The molecule has 0 saturated heterocycles. The van der Waals surface area contributed by atoms with E-state index in [1.165, 1.54) is 0 Å². The first-order valence-corrected chi connectivity index (χ1v) is 7.55. The van der Waals surface area contributed by atoms with Crippen LogP contribution in [0.2, 0.25) is 0 Å². The molecular weight excluding hydrogens is 304 g/mol. The first-order chi connectivity index (χ1) is 7.71. The fourth-order valence-electron chi connectivity index (χ4n) is 1.50. The number of benzene rings is 1. The number of hydrogen-bond acceptors (Lipinski definition) is 2. The summed E-state index contributed by atoms with van der Waals surface area (Å²) in [5.74, 6) is 0. The third-order valence-corrected chi connectivity index (χ3v) is 4.62. The highest BCUT2D eigenvalue weighted by molar-refractivity contribution is 9.10. The van der Waals surface area contributed by atoms with Gasteiger partial charge in [-0.1, -0.05) is 15.9 Å². The third-order valence-electron chi connectivity index (χ3n) is 2.08. The van der Waals surface area contributed by atoms with E-state index in [2.05, 4.69) is 25.4 Å². The largest absolute Gasteiger partial charge is 0.299 e. The van der Waals surface area contributed by atoms with Gasteiger partial charge in [-0.3, -0.25) is 4.72 Å². The van der Waals surface area contributed by atoms with Gasteiger partial charge in [0.2, 0.25) is 0 Å². The SMILES string of the molecule is Cc1cc(NS(=O)(=O)NC(C)C)cc(C)c1Br. The number of rotatable bonds is 4. The normalized spacial score (nSPS) is 11.9. The summed E-state index contributed by atoms with van der Waals surface area (Å²) >= 11 is 3.44. The molecule has 0 spiro atoms. The van der Waals surface area contributed by atoms with Gasteiger partial charge >= 0.3 is 0 Å². The molecule has 2 N–H and O–H groups in total. The average Bonchev–Trinajstić information content (AvgIpc) is 2.10. The van der Waals surface area contributed by atoms with E-state index in [4.69, 9.17) is 0 Å². The zero-order valence-electron chi connectivity index (χ0n) is 10.3. The Labute approximate surface area is 111 Å². The van der Waals surface area contributed by atoms with Crippen molar-refractivity contribution in [2.24, 2.45) is 0 Å². The van der Waals surface area contributed by atoms with Crippen LogP contribution in [0.25, 0.3) is 0 Å². The van der Waals surface area contributed by atoms with E-state index < -0.39 is 10.2 Å². The highest BCUT2D eigenvalue weighted by Crippen LogP contribution is 2.25. The van der Waals surface area contributed by atoms with Gasteiger partial charge in [0.15, 0.2) is 0 Å². The number of halogens is 1. The second-order valence-corrected chi connectivity index (χ2v) is 6.54. The predicted molar refractivity (Wildman–Crippen MR) is 74.4 cm³/mol. The van der Waals surface area contributed by atoms with Crippen molar-refractivity contribution in [3.63, 3.8) is 0 Å². The van der Waals surface area contributed by atoms with E-state index in [1.54, 1.807) is 26.0 Å². The van der Waals surface area contributed by atoms with Crippen molar-refractivity contribution in [1.82, 2.24) is 4.72 Å². The lowest BCUT2D eigenvalue weighted by Crippen LogP contribution is -2.35. The van der Waals surface area contributed by atoms with Gasteiger partial charge in [0.25, 0.3) is 10.2 Å². The summed E-state index contributed by atoms with van der Waals surface area (Å²) in [7, 11) is -3.50. The lowest BCUT2D eigenvalue weighted by molar-refractivity contribution is 0.575. The van der Waals surface area contributed by atoms with Crippen molar-refractivity contribution in [3.8, 4) is 0 Å². The van der Waals surface area contributed by atoms with Crippen LogP contribution in [0.3, 0.4) is 0 Å². The zero-order chi connectivity index (χ0) is 13.2. The van der Waals surface area contributed by atoms with Gasteiger partial charge in [0.1, 0.15) is 0 Å². The average molecular weight is 321 g/mol. The molecule has 1 aromatic carbocycles. The molecular formula is C11H17BrN2O2S. The Hall–Kier alpha value is -0.590. The monoisotopic (exact) mass is 320 g/mol. The Balaban J connectivity index is 2.97. The molecule has 0 radical (unpaired) electrons. The molecule has 0 unspecified atom stereocenters. The predicted octanol–water partition coefficient (Wildman–Crippen LogP) is 2.72. The van der Waals surface area contributed by atoms with Crippen LogP contribution >= 0.6 is 15.9 Å². The Bertz CT molecular complexity index is 489. The van der Waals surface area contributed by atoms with E-state index in [-0.39, 0.29) is 6.04 Å². The van der Waals surface area contributed by atoms with Gasteiger partial charge in [-0.2, -0.15) is 13.1 Å². The Morgan fingerprint density at radius 2 is 1.65 bits per heavy atom. The molecule has 0 saturated carbocycles. The molecule has 0 atom stereocenters. The van der Waals surface area contributed by atoms with E-state index in [9.17, 15) is 8.42 Å². The second kappa shape index (κ2) is 5.37. The van der Waals surface area contributed by atoms with Crippen LogP contribution in [0.4, 0.5) is 5.69 Å². The van der Waals surface area contributed by atoms with Crippen molar-refractivity contribution in [2.45, 2.75) is 33.7 Å². The van der Waals surface area contributed by atoms with Gasteiger partial charge in [0.05, 0.1) is 5.69 Å². The van der Waals surface area contributed by atoms with Crippen molar-refractivity contribution in [2.75, 3.05) is 4.72 Å². The van der Waals surface area contributed by atoms with Crippen molar-refractivity contribution < 1.29 is 8.42 Å². The maximum Gasteiger partial charge on any atom is 0.299 e. The molecule has 96 valence electrons. The Kier molecular flexibility index (Phi) is 4.57. The minimum atomic E-state index is -3.50. The Morgan fingerprint density at radius 3 is 2.06 bits per heavy atom. The van der Waals surface area contributed by atoms with E-state index in [1.807, 2.05) is 13.8 Å².